The van der Waals surface area contributed by atoms with Gasteiger partial charge < -0.3 is 15.5 Å². The molecular weight excluding hydrogens is 242 g/mol. The molecule has 0 bridgehead atoms. The third-order valence-electron chi connectivity index (χ3n) is 3.21. The van der Waals surface area contributed by atoms with Gasteiger partial charge in [-0.3, -0.25) is 9.78 Å². The molecule has 2 N–H and O–H groups in total. The van der Waals surface area contributed by atoms with Crippen LogP contribution in [0.2, 0.25) is 0 Å². The molecule has 1 fully saturated rings. The van der Waals surface area contributed by atoms with Crippen molar-refractivity contribution in [1.29, 1.82) is 0 Å². The number of hydrogen-bond acceptors (Lipinski definition) is 5. The van der Waals surface area contributed by atoms with E-state index in [2.05, 4.69) is 25.5 Å². The number of aromatic nitrogens is 2. The van der Waals surface area contributed by atoms with Crippen molar-refractivity contribution in [3.8, 4) is 0 Å². The molecule has 1 aliphatic heterocycles. The minimum absolute atomic E-state index is 0.0485. The fourth-order valence-electron chi connectivity index (χ4n) is 2.31. The number of hydrogen-bond donors (Lipinski definition) is 2. The van der Waals surface area contributed by atoms with Crippen LogP contribution in [0.1, 0.15) is 26.7 Å². The first-order valence-corrected chi connectivity index (χ1v) is 6.77. The van der Waals surface area contributed by atoms with Gasteiger partial charge in [-0.25, -0.2) is 4.98 Å². The number of carbonyl (C=O) groups excluding carboxylic acids is 1. The third kappa shape index (κ3) is 3.81. The Balaban J connectivity index is 1.93. The summed E-state index contributed by atoms with van der Waals surface area (Å²) in [6, 6.07) is 0.290. The van der Waals surface area contributed by atoms with Crippen molar-refractivity contribution in [3.63, 3.8) is 0 Å². The molecule has 0 atom stereocenters. The van der Waals surface area contributed by atoms with Gasteiger partial charge in [0.2, 0.25) is 5.91 Å². The zero-order valence-electron chi connectivity index (χ0n) is 11.5. The maximum atomic E-state index is 11.0. The Bertz CT molecular complexity index is 429. The van der Waals surface area contributed by atoms with Gasteiger partial charge >= 0.3 is 0 Å². The van der Waals surface area contributed by atoms with E-state index in [1.807, 2.05) is 6.92 Å². The van der Waals surface area contributed by atoms with Crippen LogP contribution in [0.15, 0.2) is 12.4 Å². The summed E-state index contributed by atoms with van der Waals surface area (Å²) in [5.74, 6) is 1.76. The van der Waals surface area contributed by atoms with E-state index in [0.29, 0.717) is 6.04 Å². The fraction of sp³-hybridized carbons (Fsp3) is 0.615. The number of anilines is 2. The van der Waals surface area contributed by atoms with Crippen LogP contribution in [0.5, 0.6) is 0 Å². The first kappa shape index (κ1) is 13.6. The Labute approximate surface area is 113 Å². The Morgan fingerprint density at radius 1 is 1.42 bits per heavy atom. The highest BCUT2D eigenvalue weighted by atomic mass is 16.1. The van der Waals surface area contributed by atoms with Gasteiger partial charge in [0.05, 0.1) is 12.4 Å². The quantitative estimate of drug-likeness (QED) is 0.848. The van der Waals surface area contributed by atoms with Gasteiger partial charge in [-0.05, 0) is 19.8 Å². The minimum atomic E-state index is 0.0485. The summed E-state index contributed by atoms with van der Waals surface area (Å²) in [6.45, 7) is 6.23. The van der Waals surface area contributed by atoms with Gasteiger partial charge in [0, 0.05) is 32.6 Å². The number of carbonyl (C=O) groups is 1. The zero-order valence-corrected chi connectivity index (χ0v) is 11.5. The van der Waals surface area contributed by atoms with Crippen LogP contribution < -0.4 is 15.5 Å². The van der Waals surface area contributed by atoms with Crippen molar-refractivity contribution in [2.45, 2.75) is 32.7 Å². The summed E-state index contributed by atoms with van der Waals surface area (Å²) < 4.78 is 0. The van der Waals surface area contributed by atoms with Crippen molar-refractivity contribution in [1.82, 2.24) is 15.3 Å². The second kappa shape index (κ2) is 6.36. The topological polar surface area (TPSA) is 70.2 Å². The normalized spacial score (nSPS) is 16.2. The Kier molecular flexibility index (Phi) is 4.54. The SMILES string of the molecule is CCNc1cncc(N2CCC(NC(C)=O)CC2)n1. The van der Waals surface area contributed by atoms with E-state index >= 15 is 0 Å². The minimum Gasteiger partial charge on any atom is -0.369 e. The average Bonchev–Trinajstić information content (AvgIpc) is 2.40. The molecular formula is C13H21N5O. The van der Waals surface area contributed by atoms with E-state index < -0.39 is 0 Å². The van der Waals surface area contributed by atoms with Crippen LogP contribution in [-0.4, -0.2) is 41.6 Å². The number of nitrogens with one attached hydrogen (secondary N) is 2. The van der Waals surface area contributed by atoms with Crippen LogP contribution in [0.4, 0.5) is 11.6 Å². The van der Waals surface area contributed by atoms with E-state index in [1.165, 1.54) is 0 Å². The highest BCUT2D eigenvalue weighted by molar-refractivity contribution is 5.73. The predicted molar refractivity (Wildman–Crippen MR) is 75.2 cm³/mol. The van der Waals surface area contributed by atoms with E-state index in [-0.39, 0.29) is 5.91 Å². The summed E-state index contributed by atoms with van der Waals surface area (Å²) >= 11 is 0. The second-order valence-corrected chi connectivity index (χ2v) is 4.75. The maximum Gasteiger partial charge on any atom is 0.217 e. The van der Waals surface area contributed by atoms with Crippen LogP contribution in [0.25, 0.3) is 0 Å². The molecule has 6 nitrogen and oxygen atoms in total. The largest absolute Gasteiger partial charge is 0.369 e. The van der Waals surface area contributed by atoms with Crippen LogP contribution >= 0.6 is 0 Å². The lowest BCUT2D eigenvalue weighted by molar-refractivity contribution is -0.119. The predicted octanol–water partition coefficient (Wildman–Crippen LogP) is 1.01. The monoisotopic (exact) mass is 263 g/mol. The smallest absolute Gasteiger partial charge is 0.217 e. The number of nitrogens with zero attached hydrogens (tertiary/aromatic N) is 3. The van der Waals surface area contributed by atoms with E-state index in [9.17, 15) is 4.79 Å². The second-order valence-electron chi connectivity index (χ2n) is 4.75. The van der Waals surface area contributed by atoms with E-state index in [0.717, 1.165) is 44.1 Å². The molecule has 0 saturated carbocycles. The van der Waals surface area contributed by atoms with Gasteiger partial charge in [0.1, 0.15) is 11.6 Å². The molecule has 0 aromatic carbocycles. The van der Waals surface area contributed by atoms with Crippen molar-refractivity contribution >= 4 is 17.5 Å². The molecule has 1 amide bonds. The highest BCUT2D eigenvalue weighted by Gasteiger charge is 2.20. The van der Waals surface area contributed by atoms with Crippen molar-refractivity contribution < 1.29 is 4.79 Å². The molecule has 2 rings (SSSR count). The molecule has 1 aromatic rings. The molecule has 1 aliphatic rings. The Morgan fingerprint density at radius 2 is 2.16 bits per heavy atom. The number of amides is 1. The van der Waals surface area contributed by atoms with E-state index in [1.54, 1.807) is 19.3 Å². The summed E-state index contributed by atoms with van der Waals surface area (Å²) in [7, 11) is 0. The summed E-state index contributed by atoms with van der Waals surface area (Å²) in [5, 5.41) is 6.14. The lowest BCUT2D eigenvalue weighted by atomic mass is 10.1. The van der Waals surface area contributed by atoms with Crippen molar-refractivity contribution in [2.75, 3.05) is 29.9 Å². The number of rotatable bonds is 4. The molecule has 1 saturated heterocycles. The molecule has 6 heteroatoms. The summed E-state index contributed by atoms with van der Waals surface area (Å²) in [5.41, 5.74) is 0. The Morgan fingerprint density at radius 3 is 2.79 bits per heavy atom. The molecule has 0 aliphatic carbocycles. The zero-order chi connectivity index (χ0) is 13.7. The van der Waals surface area contributed by atoms with Gasteiger partial charge in [0.15, 0.2) is 0 Å². The molecule has 0 spiro atoms. The number of piperidine rings is 1. The summed E-state index contributed by atoms with van der Waals surface area (Å²) in [4.78, 5) is 22.0. The van der Waals surface area contributed by atoms with E-state index in [4.69, 9.17) is 0 Å². The fourth-order valence-corrected chi connectivity index (χ4v) is 2.31. The van der Waals surface area contributed by atoms with Gasteiger partial charge in [-0.2, -0.15) is 0 Å². The molecule has 0 radical (unpaired) electrons. The summed E-state index contributed by atoms with van der Waals surface area (Å²) in [6.07, 6.45) is 5.43. The third-order valence-corrected chi connectivity index (χ3v) is 3.21. The van der Waals surface area contributed by atoms with Crippen LogP contribution in [0.3, 0.4) is 0 Å². The van der Waals surface area contributed by atoms with Gasteiger partial charge in [0.25, 0.3) is 0 Å². The molecule has 2 heterocycles. The molecule has 19 heavy (non-hydrogen) atoms. The average molecular weight is 263 g/mol. The standard InChI is InChI=1S/C13H21N5O/c1-3-15-12-8-14-9-13(17-12)18-6-4-11(5-7-18)16-10(2)19/h8-9,11H,3-7H2,1-2H3,(H,15,17)(H,16,19). The van der Waals surface area contributed by atoms with Gasteiger partial charge in [-0.15, -0.1) is 0 Å². The molecule has 0 unspecified atom stereocenters. The lowest BCUT2D eigenvalue weighted by Gasteiger charge is -2.32. The van der Waals surface area contributed by atoms with Crippen LogP contribution in [-0.2, 0) is 4.79 Å². The first-order chi connectivity index (χ1) is 9.19. The van der Waals surface area contributed by atoms with Crippen molar-refractivity contribution in [2.24, 2.45) is 0 Å². The Hall–Kier alpha value is -1.85. The maximum absolute atomic E-state index is 11.0. The lowest BCUT2D eigenvalue weighted by Crippen LogP contribution is -2.44. The molecule has 1 aromatic heterocycles. The highest BCUT2D eigenvalue weighted by Crippen LogP contribution is 2.18. The molecule has 104 valence electrons. The van der Waals surface area contributed by atoms with Gasteiger partial charge in [-0.1, -0.05) is 0 Å². The van der Waals surface area contributed by atoms with Crippen LogP contribution in [0, 0.1) is 0 Å². The first-order valence-electron chi connectivity index (χ1n) is 6.77. The van der Waals surface area contributed by atoms with Crippen molar-refractivity contribution in [3.05, 3.63) is 12.4 Å².